The molecular weight excluding hydrogens is 204 g/mol. The van der Waals surface area contributed by atoms with Crippen LogP contribution >= 0.6 is 0 Å². The molecule has 0 amide bonds. The maximum atomic E-state index is 5.61. The molecule has 5 heteroatoms. The van der Waals surface area contributed by atoms with Crippen LogP contribution in [0.2, 0.25) is 0 Å². The molecule has 0 bridgehead atoms. The molecule has 1 saturated carbocycles. The molecule has 0 atom stereocenters. The Morgan fingerprint density at radius 3 is 2.81 bits per heavy atom. The van der Waals surface area contributed by atoms with Crippen LogP contribution in [0.3, 0.4) is 0 Å². The highest BCUT2D eigenvalue weighted by molar-refractivity contribution is 5.24. The van der Waals surface area contributed by atoms with Crippen molar-refractivity contribution in [1.82, 2.24) is 15.5 Å². The topological polar surface area (TPSA) is 54.2 Å². The minimum Gasteiger partial charge on any atom is -0.407 e. The van der Waals surface area contributed by atoms with Gasteiger partial charge in [-0.2, -0.15) is 0 Å². The van der Waals surface area contributed by atoms with Crippen molar-refractivity contribution in [2.75, 3.05) is 24.5 Å². The predicted octanol–water partition coefficient (Wildman–Crippen LogP) is 1.42. The molecule has 0 spiro atoms. The fraction of sp³-hybridized carbons (Fsp3) is 0.818. The molecule has 1 fully saturated rings. The highest BCUT2D eigenvalue weighted by Gasteiger charge is 2.25. The minimum atomic E-state index is 0.657. The molecule has 1 N–H and O–H groups in total. The molecule has 2 rings (SSSR count). The van der Waals surface area contributed by atoms with E-state index >= 15 is 0 Å². The van der Waals surface area contributed by atoms with Gasteiger partial charge in [-0.3, -0.25) is 0 Å². The third kappa shape index (κ3) is 2.95. The number of nitrogens with one attached hydrogen (secondary N) is 1. The largest absolute Gasteiger partial charge is 0.407 e. The van der Waals surface area contributed by atoms with Crippen molar-refractivity contribution < 1.29 is 4.42 Å². The molecule has 0 aromatic carbocycles. The van der Waals surface area contributed by atoms with Crippen molar-refractivity contribution in [3.05, 3.63) is 5.89 Å². The van der Waals surface area contributed by atoms with Gasteiger partial charge in [-0.25, -0.2) is 0 Å². The van der Waals surface area contributed by atoms with Crippen molar-refractivity contribution in [2.24, 2.45) is 5.92 Å². The van der Waals surface area contributed by atoms with Crippen molar-refractivity contribution in [3.63, 3.8) is 0 Å². The maximum Gasteiger partial charge on any atom is 0.318 e. The summed E-state index contributed by atoms with van der Waals surface area (Å²) in [5.74, 6) is 1.51. The van der Waals surface area contributed by atoms with Crippen LogP contribution in [0.15, 0.2) is 4.42 Å². The monoisotopic (exact) mass is 224 g/mol. The van der Waals surface area contributed by atoms with E-state index in [0.717, 1.165) is 25.6 Å². The molecule has 1 aromatic rings. The maximum absolute atomic E-state index is 5.61. The third-order valence-corrected chi connectivity index (χ3v) is 2.81. The van der Waals surface area contributed by atoms with Crippen LogP contribution in [0.5, 0.6) is 0 Å². The first kappa shape index (κ1) is 11.4. The number of hydrogen-bond acceptors (Lipinski definition) is 5. The zero-order chi connectivity index (χ0) is 11.4. The van der Waals surface area contributed by atoms with Crippen LogP contribution in [-0.4, -0.2) is 29.8 Å². The Morgan fingerprint density at radius 1 is 1.38 bits per heavy atom. The van der Waals surface area contributed by atoms with Crippen LogP contribution in [0, 0.1) is 5.92 Å². The van der Waals surface area contributed by atoms with Gasteiger partial charge in [-0.15, -0.1) is 5.10 Å². The summed E-state index contributed by atoms with van der Waals surface area (Å²) in [6.45, 7) is 7.74. The Balaban J connectivity index is 1.92. The van der Waals surface area contributed by atoms with Gasteiger partial charge in [0.1, 0.15) is 0 Å². The Hall–Kier alpha value is -1.10. The van der Waals surface area contributed by atoms with Crippen LogP contribution in [0.25, 0.3) is 0 Å². The van der Waals surface area contributed by atoms with E-state index < -0.39 is 0 Å². The highest BCUT2D eigenvalue weighted by atomic mass is 16.4. The third-order valence-electron chi connectivity index (χ3n) is 2.81. The van der Waals surface area contributed by atoms with Gasteiger partial charge in [0.15, 0.2) is 0 Å². The average Bonchev–Trinajstić information content (AvgIpc) is 3.00. The van der Waals surface area contributed by atoms with Crippen molar-refractivity contribution in [2.45, 2.75) is 33.2 Å². The summed E-state index contributed by atoms with van der Waals surface area (Å²) < 4.78 is 5.61. The summed E-state index contributed by atoms with van der Waals surface area (Å²) >= 11 is 0. The molecule has 1 aromatic heterocycles. The van der Waals surface area contributed by atoms with Crippen molar-refractivity contribution >= 4 is 6.01 Å². The van der Waals surface area contributed by atoms with Gasteiger partial charge in [0.05, 0.1) is 6.54 Å². The summed E-state index contributed by atoms with van der Waals surface area (Å²) in [7, 11) is 0. The van der Waals surface area contributed by atoms with Crippen molar-refractivity contribution in [1.29, 1.82) is 0 Å². The Bertz CT molecular complexity index is 322. The predicted molar refractivity (Wildman–Crippen MR) is 62.3 cm³/mol. The van der Waals surface area contributed by atoms with Crippen LogP contribution in [-0.2, 0) is 6.54 Å². The number of hydrogen-bond donors (Lipinski definition) is 1. The van der Waals surface area contributed by atoms with E-state index in [2.05, 4.69) is 34.3 Å². The molecule has 0 radical (unpaired) electrons. The lowest BCUT2D eigenvalue weighted by Crippen LogP contribution is -2.25. The number of anilines is 1. The van der Waals surface area contributed by atoms with Crippen LogP contribution < -0.4 is 10.2 Å². The first-order valence-electron chi connectivity index (χ1n) is 6.11. The van der Waals surface area contributed by atoms with Crippen molar-refractivity contribution in [3.8, 4) is 0 Å². The number of rotatable bonds is 7. The lowest BCUT2D eigenvalue weighted by Gasteiger charge is -2.16. The van der Waals surface area contributed by atoms with Crippen LogP contribution in [0.1, 0.15) is 32.6 Å². The fourth-order valence-corrected chi connectivity index (χ4v) is 1.63. The van der Waals surface area contributed by atoms with Gasteiger partial charge in [0.2, 0.25) is 5.89 Å². The summed E-state index contributed by atoms with van der Waals surface area (Å²) in [6.07, 6.45) is 2.68. The second kappa shape index (κ2) is 5.30. The van der Waals surface area contributed by atoms with E-state index in [1.165, 1.54) is 12.8 Å². The SMILES string of the molecule is CCNCc1nnc(N(CC)CC2CC2)o1. The Morgan fingerprint density at radius 2 is 2.19 bits per heavy atom. The fourth-order valence-electron chi connectivity index (χ4n) is 1.63. The molecule has 0 saturated heterocycles. The average molecular weight is 224 g/mol. The van der Waals surface area contributed by atoms with E-state index in [0.29, 0.717) is 18.5 Å². The minimum absolute atomic E-state index is 0.657. The van der Waals surface area contributed by atoms with Gasteiger partial charge < -0.3 is 14.6 Å². The Kier molecular flexibility index (Phi) is 3.77. The molecular formula is C11H20N4O. The normalized spacial score (nSPS) is 15.4. The van der Waals surface area contributed by atoms with Gasteiger partial charge >= 0.3 is 6.01 Å². The van der Waals surface area contributed by atoms with Crippen LogP contribution in [0.4, 0.5) is 6.01 Å². The van der Waals surface area contributed by atoms with E-state index in [9.17, 15) is 0 Å². The quantitative estimate of drug-likeness (QED) is 0.759. The molecule has 5 nitrogen and oxygen atoms in total. The van der Waals surface area contributed by atoms with E-state index in [4.69, 9.17) is 4.42 Å². The summed E-state index contributed by atoms with van der Waals surface area (Å²) in [6, 6.07) is 0.669. The molecule has 1 aliphatic rings. The highest BCUT2D eigenvalue weighted by Crippen LogP contribution is 2.30. The van der Waals surface area contributed by atoms with Gasteiger partial charge in [-0.1, -0.05) is 12.0 Å². The molecule has 1 aliphatic carbocycles. The first-order chi connectivity index (χ1) is 7.83. The molecule has 90 valence electrons. The number of nitrogens with zero attached hydrogens (tertiary/aromatic N) is 3. The second-order valence-electron chi connectivity index (χ2n) is 4.24. The first-order valence-corrected chi connectivity index (χ1v) is 6.11. The van der Waals surface area contributed by atoms with E-state index in [-0.39, 0.29) is 0 Å². The standard InChI is InChI=1S/C11H20N4O/c1-3-12-7-10-13-14-11(16-10)15(4-2)8-9-5-6-9/h9,12H,3-8H2,1-2H3. The van der Waals surface area contributed by atoms with Gasteiger partial charge in [-0.05, 0) is 32.2 Å². The van der Waals surface area contributed by atoms with E-state index in [1.54, 1.807) is 0 Å². The lowest BCUT2D eigenvalue weighted by molar-refractivity contribution is 0.463. The Labute approximate surface area is 96.2 Å². The van der Waals surface area contributed by atoms with Gasteiger partial charge in [0.25, 0.3) is 0 Å². The zero-order valence-electron chi connectivity index (χ0n) is 10.1. The molecule has 0 unspecified atom stereocenters. The second-order valence-corrected chi connectivity index (χ2v) is 4.24. The van der Waals surface area contributed by atoms with E-state index in [1.807, 2.05) is 0 Å². The summed E-state index contributed by atoms with van der Waals surface area (Å²) in [4.78, 5) is 2.17. The smallest absolute Gasteiger partial charge is 0.318 e. The lowest BCUT2D eigenvalue weighted by atomic mass is 10.4. The van der Waals surface area contributed by atoms with Gasteiger partial charge in [0, 0.05) is 13.1 Å². The molecule has 16 heavy (non-hydrogen) atoms. The summed E-state index contributed by atoms with van der Waals surface area (Å²) in [5.41, 5.74) is 0. The molecule has 1 heterocycles. The number of aromatic nitrogens is 2. The summed E-state index contributed by atoms with van der Waals surface area (Å²) in [5, 5.41) is 11.3. The molecule has 0 aliphatic heterocycles. The zero-order valence-corrected chi connectivity index (χ0v) is 10.1.